The molecule has 2 atom stereocenters. The van der Waals surface area contributed by atoms with Crippen LogP contribution in [0.5, 0.6) is 0 Å². The van der Waals surface area contributed by atoms with Crippen molar-refractivity contribution < 1.29 is 4.39 Å². The first-order valence-corrected chi connectivity index (χ1v) is 7.32. The number of hydrogen-bond donors (Lipinski definition) is 0. The third-order valence-corrected chi connectivity index (χ3v) is 4.71. The van der Waals surface area contributed by atoms with Crippen LogP contribution in [0.3, 0.4) is 0 Å². The Bertz CT molecular complexity index is 466. The number of piperidine rings is 1. The van der Waals surface area contributed by atoms with Crippen LogP contribution in [0, 0.1) is 17.9 Å². The highest BCUT2D eigenvalue weighted by atomic mass is 19.1. The molecule has 20 heavy (non-hydrogen) atoms. The molecule has 2 rings (SSSR count). The summed E-state index contributed by atoms with van der Waals surface area (Å²) >= 11 is 0. The van der Waals surface area contributed by atoms with Gasteiger partial charge in [-0.3, -0.25) is 4.90 Å². The Morgan fingerprint density at radius 2 is 2.10 bits per heavy atom. The molecule has 1 aromatic carbocycles. The van der Waals surface area contributed by atoms with Crippen LogP contribution in [-0.4, -0.2) is 30.7 Å². The third-order valence-electron chi connectivity index (χ3n) is 4.71. The molecule has 1 aliphatic rings. The molecular formula is C17H23FN2. The lowest BCUT2D eigenvalue weighted by atomic mass is 9.69. The predicted molar refractivity (Wildman–Crippen MR) is 80.0 cm³/mol. The molecule has 1 fully saturated rings. The smallest absolute Gasteiger partial charge is 0.223 e. The van der Waals surface area contributed by atoms with Gasteiger partial charge in [0.25, 0.3) is 0 Å². The maximum absolute atomic E-state index is 14.7. The minimum Gasteiger partial charge on any atom is -0.316 e. The molecule has 1 saturated heterocycles. The molecule has 0 radical (unpaired) electrons. The molecule has 0 bridgehead atoms. The normalized spacial score (nSPS) is 27.4. The van der Waals surface area contributed by atoms with E-state index in [-0.39, 0.29) is 5.92 Å². The zero-order valence-corrected chi connectivity index (χ0v) is 12.3. The summed E-state index contributed by atoms with van der Waals surface area (Å²) in [4.78, 5) is 5.67. The van der Waals surface area contributed by atoms with E-state index in [2.05, 4.69) is 21.9 Å². The lowest BCUT2D eigenvalue weighted by Gasteiger charge is -2.43. The summed E-state index contributed by atoms with van der Waals surface area (Å²) < 4.78 is 14.7. The van der Waals surface area contributed by atoms with Gasteiger partial charge in [-0.15, -0.1) is 0 Å². The molecule has 0 amide bonds. The first-order chi connectivity index (χ1) is 9.58. The van der Waals surface area contributed by atoms with Crippen molar-refractivity contribution >= 4 is 0 Å². The Morgan fingerprint density at radius 3 is 2.65 bits per heavy atom. The zero-order valence-electron chi connectivity index (χ0n) is 12.3. The molecule has 0 aliphatic carbocycles. The fraction of sp³-hybridized carbons (Fsp3) is 0.588. The van der Waals surface area contributed by atoms with Crippen LogP contribution in [0.2, 0.25) is 0 Å². The number of halogens is 1. The maximum Gasteiger partial charge on any atom is 0.223 e. The SMILES string of the molecule is [C-]#[N+]C[C@]1(C(C)C)CCN(Cc2ccccc2)C[C@@H]1F. The van der Waals surface area contributed by atoms with Gasteiger partial charge in [0.05, 0.1) is 5.41 Å². The van der Waals surface area contributed by atoms with E-state index in [4.69, 9.17) is 6.57 Å². The van der Waals surface area contributed by atoms with E-state index in [1.165, 1.54) is 5.56 Å². The lowest BCUT2D eigenvalue weighted by Crippen LogP contribution is -2.52. The molecular weight excluding hydrogens is 251 g/mol. The van der Waals surface area contributed by atoms with Gasteiger partial charge in [0.2, 0.25) is 6.54 Å². The first kappa shape index (κ1) is 15.0. The van der Waals surface area contributed by atoms with Crippen molar-refractivity contribution in [3.8, 4) is 0 Å². The van der Waals surface area contributed by atoms with Gasteiger partial charge in [-0.05, 0) is 24.4 Å². The van der Waals surface area contributed by atoms with Crippen molar-refractivity contribution in [3.63, 3.8) is 0 Å². The highest BCUT2D eigenvalue weighted by molar-refractivity contribution is 5.15. The molecule has 1 heterocycles. The number of alkyl halides is 1. The third kappa shape index (κ3) is 3.02. The van der Waals surface area contributed by atoms with Crippen LogP contribution in [0.15, 0.2) is 30.3 Å². The highest BCUT2D eigenvalue weighted by Crippen LogP contribution is 2.41. The summed E-state index contributed by atoms with van der Waals surface area (Å²) in [6, 6.07) is 10.2. The Kier molecular flexibility index (Phi) is 4.77. The van der Waals surface area contributed by atoms with Crippen molar-refractivity contribution in [1.82, 2.24) is 4.90 Å². The van der Waals surface area contributed by atoms with E-state index in [0.717, 1.165) is 19.5 Å². The molecule has 1 aliphatic heterocycles. The first-order valence-electron chi connectivity index (χ1n) is 7.32. The topological polar surface area (TPSA) is 7.60 Å². The molecule has 0 unspecified atom stereocenters. The van der Waals surface area contributed by atoms with Crippen molar-refractivity contribution in [2.45, 2.75) is 33.0 Å². The lowest BCUT2D eigenvalue weighted by molar-refractivity contribution is -0.0168. The van der Waals surface area contributed by atoms with E-state index < -0.39 is 11.6 Å². The van der Waals surface area contributed by atoms with Gasteiger partial charge in [0.15, 0.2) is 0 Å². The van der Waals surface area contributed by atoms with E-state index >= 15 is 0 Å². The average molecular weight is 274 g/mol. The Morgan fingerprint density at radius 1 is 1.40 bits per heavy atom. The van der Waals surface area contributed by atoms with Crippen LogP contribution in [0.1, 0.15) is 25.8 Å². The van der Waals surface area contributed by atoms with E-state index in [0.29, 0.717) is 13.1 Å². The molecule has 2 nitrogen and oxygen atoms in total. The maximum atomic E-state index is 14.7. The van der Waals surface area contributed by atoms with E-state index in [9.17, 15) is 4.39 Å². The molecule has 0 saturated carbocycles. The summed E-state index contributed by atoms with van der Waals surface area (Å²) in [5.41, 5.74) is 0.775. The minimum absolute atomic E-state index is 0.213. The van der Waals surface area contributed by atoms with Crippen LogP contribution < -0.4 is 0 Å². The molecule has 1 aromatic rings. The fourth-order valence-electron chi connectivity index (χ4n) is 3.17. The van der Waals surface area contributed by atoms with Crippen molar-refractivity contribution in [3.05, 3.63) is 47.3 Å². The predicted octanol–water partition coefficient (Wildman–Crippen LogP) is 3.79. The molecule has 0 N–H and O–H groups in total. The van der Waals surface area contributed by atoms with Crippen LogP contribution in [-0.2, 0) is 6.54 Å². The number of rotatable bonds is 4. The quantitative estimate of drug-likeness (QED) is 0.758. The second-order valence-corrected chi connectivity index (χ2v) is 6.14. The van der Waals surface area contributed by atoms with Crippen molar-refractivity contribution in [2.75, 3.05) is 19.6 Å². The monoisotopic (exact) mass is 274 g/mol. The molecule has 0 aromatic heterocycles. The summed E-state index contributed by atoms with van der Waals surface area (Å²) in [5.74, 6) is 0.213. The van der Waals surface area contributed by atoms with Gasteiger partial charge in [0.1, 0.15) is 6.17 Å². The standard InChI is InChI=1S/C17H23FN2/c1-14(2)17(13-19-3)9-10-20(12-16(17)18)11-15-7-5-4-6-8-15/h4-8,14,16H,9-13H2,1-2H3/t16-,17-/m0/s1. The Labute approximate surface area is 121 Å². The van der Waals surface area contributed by atoms with Crippen molar-refractivity contribution in [1.29, 1.82) is 0 Å². The zero-order chi connectivity index (χ0) is 14.6. The van der Waals surface area contributed by atoms with Crippen molar-refractivity contribution in [2.24, 2.45) is 11.3 Å². The van der Waals surface area contributed by atoms with Gasteiger partial charge >= 0.3 is 0 Å². The summed E-state index contributed by atoms with van der Waals surface area (Å²) in [5, 5.41) is 0. The average Bonchev–Trinajstić information content (AvgIpc) is 2.43. The number of benzene rings is 1. The van der Waals surface area contributed by atoms with Gasteiger partial charge in [-0.2, -0.15) is 0 Å². The fourth-order valence-corrected chi connectivity index (χ4v) is 3.17. The largest absolute Gasteiger partial charge is 0.316 e. The summed E-state index contributed by atoms with van der Waals surface area (Å²) in [6.07, 6.45) is -0.129. The summed E-state index contributed by atoms with van der Waals surface area (Å²) in [7, 11) is 0. The van der Waals surface area contributed by atoms with E-state index in [1.54, 1.807) is 0 Å². The Hall–Kier alpha value is -1.40. The highest BCUT2D eigenvalue weighted by Gasteiger charge is 2.48. The number of nitrogens with zero attached hydrogens (tertiary/aromatic N) is 2. The van der Waals surface area contributed by atoms with Gasteiger partial charge in [-0.25, -0.2) is 11.0 Å². The molecule has 108 valence electrons. The number of hydrogen-bond acceptors (Lipinski definition) is 1. The van der Waals surface area contributed by atoms with Crippen LogP contribution in [0.25, 0.3) is 4.85 Å². The van der Waals surface area contributed by atoms with Gasteiger partial charge in [0, 0.05) is 13.1 Å². The summed E-state index contributed by atoms with van der Waals surface area (Å²) in [6.45, 7) is 13.6. The van der Waals surface area contributed by atoms with Crippen LogP contribution in [0.4, 0.5) is 4.39 Å². The molecule has 3 heteroatoms. The number of likely N-dealkylation sites (tertiary alicyclic amines) is 1. The minimum atomic E-state index is -0.908. The van der Waals surface area contributed by atoms with Crippen LogP contribution >= 0.6 is 0 Å². The molecule has 0 spiro atoms. The van der Waals surface area contributed by atoms with Gasteiger partial charge < -0.3 is 4.85 Å². The Balaban J connectivity index is 2.03. The van der Waals surface area contributed by atoms with E-state index in [1.807, 2.05) is 32.0 Å². The second kappa shape index (κ2) is 6.37. The second-order valence-electron chi connectivity index (χ2n) is 6.14. The van der Waals surface area contributed by atoms with Gasteiger partial charge in [-0.1, -0.05) is 44.2 Å².